The van der Waals surface area contributed by atoms with E-state index in [9.17, 15) is 4.79 Å². The van der Waals surface area contributed by atoms with E-state index in [2.05, 4.69) is 0 Å². The first-order valence-corrected chi connectivity index (χ1v) is 6.20. The molecule has 0 aliphatic rings. The lowest BCUT2D eigenvalue weighted by Crippen LogP contribution is -2.12. The Kier molecular flexibility index (Phi) is 5.60. The quantitative estimate of drug-likeness (QED) is 0.636. The third-order valence-electron chi connectivity index (χ3n) is 2.46. The summed E-state index contributed by atoms with van der Waals surface area (Å²) in [7, 11) is 1.55. The van der Waals surface area contributed by atoms with E-state index in [1.54, 1.807) is 31.4 Å². The number of nitrogens with two attached hydrogens (primary N) is 1. The summed E-state index contributed by atoms with van der Waals surface area (Å²) in [5, 5.41) is 8.83. The Bertz CT molecular complexity index is 557. The van der Waals surface area contributed by atoms with Crippen LogP contribution in [0.4, 0.5) is 0 Å². The minimum atomic E-state index is -0.757. The summed E-state index contributed by atoms with van der Waals surface area (Å²) in [6.07, 6.45) is 1.42. The number of nitriles is 1. The van der Waals surface area contributed by atoms with E-state index in [1.165, 1.54) is 6.08 Å². The maximum absolute atomic E-state index is 11.0. The zero-order valence-corrected chi connectivity index (χ0v) is 11.8. The van der Waals surface area contributed by atoms with Crippen LogP contribution in [0.5, 0.6) is 11.5 Å². The van der Waals surface area contributed by atoms with Crippen LogP contribution in [0.25, 0.3) is 6.08 Å². The summed E-state index contributed by atoms with van der Waals surface area (Å²) in [4.78, 5) is 11.0. The van der Waals surface area contributed by atoms with E-state index in [0.717, 1.165) is 0 Å². The summed E-state index contributed by atoms with van der Waals surface area (Å²) in [5.74, 6) is 0.782. The van der Waals surface area contributed by atoms with Gasteiger partial charge in [-0.3, -0.25) is 4.79 Å². The minimum Gasteiger partial charge on any atom is -0.493 e. The molecule has 0 aromatic heterocycles. The number of carbonyl (C=O) groups is 1. The summed E-state index contributed by atoms with van der Waals surface area (Å²) in [5.41, 5.74) is 5.65. The van der Waals surface area contributed by atoms with Crippen molar-refractivity contribution in [3.8, 4) is 17.6 Å². The molecule has 0 saturated heterocycles. The minimum absolute atomic E-state index is 0.107. The van der Waals surface area contributed by atoms with Crippen LogP contribution in [0.1, 0.15) is 19.4 Å². The van der Waals surface area contributed by atoms with Crippen molar-refractivity contribution in [1.29, 1.82) is 5.26 Å². The Balaban J connectivity index is 3.09. The molecule has 1 aromatic carbocycles. The highest BCUT2D eigenvalue weighted by Crippen LogP contribution is 2.29. The Morgan fingerprint density at radius 1 is 1.45 bits per heavy atom. The molecule has 0 bridgehead atoms. The van der Waals surface area contributed by atoms with Crippen LogP contribution < -0.4 is 15.2 Å². The zero-order valence-electron chi connectivity index (χ0n) is 11.8. The third-order valence-corrected chi connectivity index (χ3v) is 2.46. The van der Waals surface area contributed by atoms with E-state index in [1.807, 2.05) is 13.8 Å². The fraction of sp³-hybridized carbons (Fsp3) is 0.333. The Hall–Kier alpha value is -2.48. The van der Waals surface area contributed by atoms with Crippen LogP contribution in [0.2, 0.25) is 0 Å². The molecule has 1 rings (SSSR count). The van der Waals surface area contributed by atoms with Crippen molar-refractivity contribution in [2.75, 3.05) is 13.7 Å². The van der Waals surface area contributed by atoms with Gasteiger partial charge in [0.15, 0.2) is 11.5 Å². The zero-order chi connectivity index (χ0) is 15.1. The molecule has 0 heterocycles. The molecule has 1 amide bonds. The van der Waals surface area contributed by atoms with E-state index in [-0.39, 0.29) is 5.57 Å². The summed E-state index contributed by atoms with van der Waals surface area (Å²) in [6, 6.07) is 6.92. The number of hydrogen-bond donors (Lipinski definition) is 1. The van der Waals surface area contributed by atoms with Crippen molar-refractivity contribution in [3.63, 3.8) is 0 Å². The number of hydrogen-bond acceptors (Lipinski definition) is 4. The second-order valence-electron chi connectivity index (χ2n) is 4.65. The van der Waals surface area contributed by atoms with E-state index >= 15 is 0 Å². The highest BCUT2D eigenvalue weighted by molar-refractivity contribution is 6.00. The number of ether oxygens (including phenoxy) is 2. The van der Waals surface area contributed by atoms with Crippen molar-refractivity contribution in [2.24, 2.45) is 11.7 Å². The van der Waals surface area contributed by atoms with Gasteiger partial charge in [-0.05, 0) is 29.7 Å². The van der Waals surface area contributed by atoms with Crippen LogP contribution in [0.3, 0.4) is 0 Å². The molecule has 0 spiro atoms. The molecule has 0 saturated carbocycles. The molecular formula is C15H18N2O3. The number of carbonyl (C=O) groups excluding carboxylic acids is 1. The fourth-order valence-electron chi connectivity index (χ4n) is 1.48. The third kappa shape index (κ3) is 4.32. The van der Waals surface area contributed by atoms with Crippen molar-refractivity contribution in [1.82, 2.24) is 0 Å². The van der Waals surface area contributed by atoms with Gasteiger partial charge in [-0.1, -0.05) is 19.9 Å². The summed E-state index contributed by atoms with van der Waals surface area (Å²) < 4.78 is 10.9. The van der Waals surface area contributed by atoms with Gasteiger partial charge >= 0.3 is 0 Å². The number of nitrogens with zero attached hydrogens (tertiary/aromatic N) is 1. The van der Waals surface area contributed by atoms with Crippen molar-refractivity contribution < 1.29 is 14.3 Å². The maximum Gasteiger partial charge on any atom is 0.259 e. The number of methoxy groups -OCH3 is 1. The van der Waals surface area contributed by atoms with Gasteiger partial charge in [0.1, 0.15) is 11.6 Å². The molecule has 1 aromatic rings. The largest absolute Gasteiger partial charge is 0.493 e. The van der Waals surface area contributed by atoms with E-state index in [4.69, 9.17) is 20.5 Å². The highest BCUT2D eigenvalue weighted by atomic mass is 16.5. The lowest BCUT2D eigenvalue weighted by atomic mass is 10.1. The first-order chi connectivity index (χ1) is 9.47. The normalized spacial score (nSPS) is 11.1. The molecule has 0 radical (unpaired) electrons. The second-order valence-corrected chi connectivity index (χ2v) is 4.65. The number of amides is 1. The van der Waals surface area contributed by atoms with E-state index < -0.39 is 5.91 Å². The van der Waals surface area contributed by atoms with Crippen LogP contribution in [0.15, 0.2) is 23.8 Å². The van der Waals surface area contributed by atoms with Crippen LogP contribution in [-0.2, 0) is 4.79 Å². The number of rotatable bonds is 6. The average Bonchev–Trinajstić information content (AvgIpc) is 2.42. The molecular weight excluding hydrogens is 256 g/mol. The predicted octanol–water partition coefficient (Wildman–Crippen LogP) is 2.12. The molecule has 0 atom stereocenters. The first kappa shape index (κ1) is 15.6. The topological polar surface area (TPSA) is 85.3 Å². The average molecular weight is 274 g/mol. The second kappa shape index (κ2) is 7.19. The molecule has 0 aliphatic carbocycles. The maximum atomic E-state index is 11.0. The van der Waals surface area contributed by atoms with Gasteiger partial charge in [0.2, 0.25) is 0 Å². The van der Waals surface area contributed by atoms with Gasteiger partial charge in [0.25, 0.3) is 5.91 Å². The number of benzene rings is 1. The highest BCUT2D eigenvalue weighted by Gasteiger charge is 2.08. The standard InChI is InChI=1S/C15H18N2O3/c1-10(2)9-20-14-7-11(4-5-13(14)19-3)6-12(8-16)15(17)18/h4-7,10H,9H2,1-3H3,(H2,17,18)/b12-6+. The molecule has 2 N–H and O–H groups in total. The van der Waals surface area contributed by atoms with Crippen LogP contribution in [-0.4, -0.2) is 19.6 Å². The molecule has 0 unspecified atom stereocenters. The monoisotopic (exact) mass is 274 g/mol. The van der Waals surface area contributed by atoms with Crippen LogP contribution >= 0.6 is 0 Å². The van der Waals surface area contributed by atoms with Crippen molar-refractivity contribution in [3.05, 3.63) is 29.3 Å². The van der Waals surface area contributed by atoms with Gasteiger partial charge in [0, 0.05) is 0 Å². The van der Waals surface area contributed by atoms with Gasteiger partial charge in [0.05, 0.1) is 13.7 Å². The molecule has 5 nitrogen and oxygen atoms in total. The Morgan fingerprint density at radius 2 is 2.15 bits per heavy atom. The van der Waals surface area contributed by atoms with Gasteiger partial charge in [-0.25, -0.2) is 0 Å². The van der Waals surface area contributed by atoms with E-state index in [0.29, 0.717) is 29.6 Å². The smallest absolute Gasteiger partial charge is 0.259 e. The molecule has 20 heavy (non-hydrogen) atoms. The Morgan fingerprint density at radius 3 is 2.65 bits per heavy atom. The Labute approximate surface area is 118 Å². The molecule has 0 aliphatic heterocycles. The van der Waals surface area contributed by atoms with Gasteiger partial charge < -0.3 is 15.2 Å². The van der Waals surface area contributed by atoms with Crippen molar-refractivity contribution in [2.45, 2.75) is 13.8 Å². The van der Waals surface area contributed by atoms with Crippen LogP contribution in [0, 0.1) is 17.2 Å². The SMILES string of the molecule is COc1ccc(/C=C(\C#N)C(N)=O)cc1OCC(C)C. The summed E-state index contributed by atoms with van der Waals surface area (Å²) >= 11 is 0. The lowest BCUT2D eigenvalue weighted by molar-refractivity contribution is -0.114. The molecule has 5 heteroatoms. The summed E-state index contributed by atoms with van der Waals surface area (Å²) in [6.45, 7) is 4.62. The van der Waals surface area contributed by atoms with Gasteiger partial charge in [-0.15, -0.1) is 0 Å². The van der Waals surface area contributed by atoms with Gasteiger partial charge in [-0.2, -0.15) is 5.26 Å². The molecule has 106 valence electrons. The fourth-order valence-corrected chi connectivity index (χ4v) is 1.48. The predicted molar refractivity (Wildman–Crippen MR) is 76.1 cm³/mol. The lowest BCUT2D eigenvalue weighted by Gasteiger charge is -2.13. The molecule has 0 fully saturated rings. The van der Waals surface area contributed by atoms with Crippen molar-refractivity contribution >= 4 is 12.0 Å². The number of primary amides is 1. The first-order valence-electron chi connectivity index (χ1n) is 6.20.